The van der Waals surface area contributed by atoms with Gasteiger partial charge in [-0.2, -0.15) is 4.31 Å². The van der Waals surface area contributed by atoms with E-state index in [2.05, 4.69) is 25.7 Å². The maximum atomic E-state index is 12.6. The summed E-state index contributed by atoms with van der Waals surface area (Å²) < 4.78 is 38.4. The van der Waals surface area contributed by atoms with Crippen LogP contribution in [0, 0.1) is 0 Å². The highest BCUT2D eigenvalue weighted by Crippen LogP contribution is 2.34. The fraction of sp³-hybridized carbons (Fsp3) is 0.545. The lowest BCUT2D eigenvalue weighted by Crippen LogP contribution is -2.50. The molecule has 0 radical (unpaired) electrons. The molecule has 0 bridgehead atoms. The van der Waals surface area contributed by atoms with Gasteiger partial charge < -0.3 is 14.6 Å². The lowest BCUT2D eigenvalue weighted by atomic mass is 9.86. The highest BCUT2D eigenvalue weighted by molar-refractivity contribution is 7.91. The van der Waals surface area contributed by atoms with E-state index in [1.807, 2.05) is 18.2 Å². The van der Waals surface area contributed by atoms with Crippen LogP contribution in [0.25, 0.3) is 0 Å². The Balaban J connectivity index is 1.52. The zero-order valence-electron chi connectivity index (χ0n) is 18.6. The van der Waals surface area contributed by atoms with Crippen molar-refractivity contribution in [2.45, 2.75) is 36.5 Å². The lowest BCUT2D eigenvalue weighted by molar-refractivity contribution is 0.0563. The molecule has 31 heavy (non-hydrogen) atoms. The van der Waals surface area contributed by atoms with E-state index in [-0.39, 0.29) is 12.0 Å². The van der Waals surface area contributed by atoms with Gasteiger partial charge in [-0.1, -0.05) is 26.8 Å². The van der Waals surface area contributed by atoms with Crippen molar-refractivity contribution in [2.24, 2.45) is 0 Å². The molecule has 2 heterocycles. The number of hydrogen-bond acceptors (Lipinski definition) is 7. The number of β-amino-alcohol motifs (C(OH)–C–C–N with tert-alkyl or cyclic N) is 1. The number of ether oxygens (including phenoxy) is 2. The maximum absolute atomic E-state index is 12.6. The second-order valence-electron chi connectivity index (χ2n) is 8.71. The summed E-state index contributed by atoms with van der Waals surface area (Å²) in [5.41, 5.74) is 0.894. The smallest absolute Gasteiger partial charge is 0.252 e. The molecule has 0 aliphatic carbocycles. The summed E-state index contributed by atoms with van der Waals surface area (Å²) in [6, 6.07) is 9.08. The number of aliphatic hydroxyl groups is 1. The second kappa shape index (κ2) is 9.87. The number of piperazine rings is 1. The van der Waals surface area contributed by atoms with Crippen LogP contribution < -0.4 is 9.47 Å². The molecular formula is C22H32N2O5S2. The molecule has 3 rings (SSSR count). The van der Waals surface area contributed by atoms with Gasteiger partial charge in [-0.25, -0.2) is 8.42 Å². The molecule has 1 N–H and O–H groups in total. The summed E-state index contributed by atoms with van der Waals surface area (Å²) in [6.45, 7) is 8.92. The molecule has 0 saturated carbocycles. The van der Waals surface area contributed by atoms with Gasteiger partial charge in [-0.3, -0.25) is 4.90 Å². The zero-order chi connectivity index (χ0) is 22.6. The summed E-state index contributed by atoms with van der Waals surface area (Å²) in [5, 5.41) is 12.3. The van der Waals surface area contributed by atoms with E-state index in [0.717, 1.165) is 17.1 Å². The normalized spacial score (nSPS) is 17.5. The Morgan fingerprint density at radius 3 is 2.45 bits per heavy atom. The van der Waals surface area contributed by atoms with Gasteiger partial charge in [0.25, 0.3) is 10.0 Å². The standard InChI is InChI=1S/C22H32N2O5S2/c1-22(2,3)19-14-18(28-4)7-8-20(19)29-16-17(25)15-23-9-11-24(12-10-23)31(26,27)21-6-5-13-30-21/h5-8,13-14,17,25H,9-12,15-16H2,1-4H3. The van der Waals surface area contributed by atoms with Gasteiger partial charge in [-0.05, 0) is 35.1 Å². The summed E-state index contributed by atoms with van der Waals surface area (Å²) in [7, 11) is -1.78. The van der Waals surface area contributed by atoms with Crippen LogP contribution in [0.1, 0.15) is 26.3 Å². The molecular weight excluding hydrogens is 436 g/mol. The average molecular weight is 469 g/mol. The van der Waals surface area contributed by atoms with Crippen LogP contribution in [0.4, 0.5) is 0 Å². The van der Waals surface area contributed by atoms with Gasteiger partial charge in [0.2, 0.25) is 0 Å². The molecule has 9 heteroatoms. The number of thiophene rings is 1. The predicted molar refractivity (Wildman–Crippen MR) is 123 cm³/mol. The Morgan fingerprint density at radius 2 is 1.87 bits per heavy atom. The van der Waals surface area contributed by atoms with Gasteiger partial charge in [-0.15, -0.1) is 11.3 Å². The van der Waals surface area contributed by atoms with Crippen LogP contribution in [0.3, 0.4) is 0 Å². The number of methoxy groups -OCH3 is 1. The molecule has 1 fully saturated rings. The van der Waals surface area contributed by atoms with E-state index >= 15 is 0 Å². The first-order valence-corrected chi connectivity index (χ1v) is 12.7. The minimum Gasteiger partial charge on any atom is -0.497 e. The third kappa shape index (κ3) is 5.98. The van der Waals surface area contributed by atoms with Crippen molar-refractivity contribution in [1.29, 1.82) is 0 Å². The van der Waals surface area contributed by atoms with Crippen LogP contribution in [0.2, 0.25) is 0 Å². The van der Waals surface area contributed by atoms with E-state index < -0.39 is 16.1 Å². The summed E-state index contributed by atoms with van der Waals surface area (Å²) in [6.07, 6.45) is -0.671. The molecule has 1 unspecified atom stereocenters. The molecule has 1 aliphatic rings. The number of benzene rings is 1. The Morgan fingerprint density at radius 1 is 1.16 bits per heavy atom. The third-order valence-electron chi connectivity index (χ3n) is 5.32. The fourth-order valence-electron chi connectivity index (χ4n) is 3.57. The van der Waals surface area contributed by atoms with Gasteiger partial charge in [0, 0.05) is 38.3 Å². The van der Waals surface area contributed by atoms with Crippen LogP contribution in [0.15, 0.2) is 39.9 Å². The van der Waals surface area contributed by atoms with Crippen molar-refractivity contribution in [3.05, 3.63) is 41.3 Å². The summed E-state index contributed by atoms with van der Waals surface area (Å²) >= 11 is 1.24. The van der Waals surface area contributed by atoms with Crippen molar-refractivity contribution in [3.63, 3.8) is 0 Å². The van der Waals surface area contributed by atoms with Crippen molar-refractivity contribution in [2.75, 3.05) is 46.4 Å². The van der Waals surface area contributed by atoms with E-state index in [4.69, 9.17) is 9.47 Å². The zero-order valence-corrected chi connectivity index (χ0v) is 20.2. The minimum atomic E-state index is -3.41. The molecule has 1 atom stereocenters. The first-order valence-electron chi connectivity index (χ1n) is 10.4. The first kappa shape index (κ1) is 24.0. The molecule has 1 aromatic carbocycles. The van der Waals surface area contributed by atoms with Crippen LogP contribution in [-0.2, 0) is 15.4 Å². The Kier molecular flexibility index (Phi) is 7.64. The molecule has 1 saturated heterocycles. The molecule has 7 nitrogen and oxygen atoms in total. The number of nitrogens with zero attached hydrogens (tertiary/aromatic N) is 2. The van der Waals surface area contributed by atoms with E-state index in [0.29, 0.717) is 36.9 Å². The summed E-state index contributed by atoms with van der Waals surface area (Å²) in [5.74, 6) is 1.51. The lowest BCUT2D eigenvalue weighted by Gasteiger charge is -2.34. The molecule has 2 aromatic rings. The number of hydrogen-bond donors (Lipinski definition) is 1. The Bertz CT molecular complexity index is 947. The van der Waals surface area contributed by atoms with Gasteiger partial charge in [0.15, 0.2) is 0 Å². The van der Waals surface area contributed by atoms with E-state index in [1.54, 1.807) is 24.6 Å². The van der Waals surface area contributed by atoms with E-state index in [1.165, 1.54) is 15.6 Å². The van der Waals surface area contributed by atoms with Crippen molar-refractivity contribution in [1.82, 2.24) is 9.21 Å². The number of rotatable bonds is 8. The van der Waals surface area contributed by atoms with Crippen LogP contribution >= 0.6 is 11.3 Å². The third-order valence-corrected chi connectivity index (χ3v) is 8.59. The topological polar surface area (TPSA) is 79.3 Å². The number of sulfonamides is 1. The predicted octanol–water partition coefficient (Wildman–Crippen LogP) is 2.80. The Hall–Kier alpha value is -1.65. The SMILES string of the molecule is COc1ccc(OCC(O)CN2CCN(S(=O)(=O)c3cccs3)CC2)c(C(C)(C)C)c1. The van der Waals surface area contributed by atoms with Crippen molar-refractivity contribution < 1.29 is 23.0 Å². The molecule has 0 spiro atoms. The average Bonchev–Trinajstić information content (AvgIpc) is 3.28. The largest absolute Gasteiger partial charge is 0.497 e. The van der Waals surface area contributed by atoms with Crippen LogP contribution in [0.5, 0.6) is 11.5 Å². The van der Waals surface area contributed by atoms with Crippen molar-refractivity contribution in [3.8, 4) is 11.5 Å². The molecule has 0 amide bonds. The molecule has 1 aromatic heterocycles. The maximum Gasteiger partial charge on any atom is 0.252 e. The quantitative estimate of drug-likeness (QED) is 0.642. The molecule has 172 valence electrons. The van der Waals surface area contributed by atoms with Gasteiger partial charge in [0.1, 0.15) is 28.4 Å². The fourth-order valence-corrected chi connectivity index (χ4v) is 6.14. The Labute approximate surface area is 189 Å². The molecule has 1 aliphatic heterocycles. The second-order valence-corrected chi connectivity index (χ2v) is 11.8. The number of aliphatic hydroxyl groups excluding tert-OH is 1. The summed E-state index contributed by atoms with van der Waals surface area (Å²) in [4.78, 5) is 2.08. The monoisotopic (exact) mass is 468 g/mol. The van der Waals surface area contributed by atoms with Gasteiger partial charge >= 0.3 is 0 Å². The minimum absolute atomic E-state index is 0.126. The van der Waals surface area contributed by atoms with Crippen LogP contribution in [-0.4, -0.2) is 75.3 Å². The van der Waals surface area contributed by atoms with E-state index in [9.17, 15) is 13.5 Å². The highest BCUT2D eigenvalue weighted by atomic mass is 32.2. The highest BCUT2D eigenvalue weighted by Gasteiger charge is 2.30. The van der Waals surface area contributed by atoms with Gasteiger partial charge in [0.05, 0.1) is 7.11 Å². The van der Waals surface area contributed by atoms with Crippen molar-refractivity contribution >= 4 is 21.4 Å². The first-order chi connectivity index (χ1) is 14.6.